The molecule has 72 valence electrons. The van der Waals surface area contributed by atoms with Crippen molar-refractivity contribution in [1.82, 2.24) is 9.80 Å². The Labute approximate surface area is 77.8 Å². The minimum absolute atomic E-state index is 0.847. The van der Waals surface area contributed by atoms with Gasteiger partial charge in [0.05, 0.1) is 0 Å². The third-order valence-corrected chi connectivity index (χ3v) is 3.58. The molecule has 0 aromatic carbocycles. The third kappa shape index (κ3) is 3.76. The molecule has 0 fully saturated rings. The van der Waals surface area contributed by atoms with Gasteiger partial charge in [-0.3, -0.25) is 4.66 Å². The molecule has 1 atom stereocenters. The largest absolute Gasteiger partial charge is 0.350 e. The Kier molecular flexibility index (Phi) is 4.97. The van der Waals surface area contributed by atoms with Crippen LogP contribution in [0.2, 0.25) is 12.6 Å². The first-order valence-corrected chi connectivity index (χ1v) is 6.90. The van der Waals surface area contributed by atoms with Crippen molar-refractivity contribution < 1.29 is 0 Å². The van der Waals surface area contributed by atoms with Crippen LogP contribution in [0.15, 0.2) is 4.66 Å². The van der Waals surface area contributed by atoms with Crippen LogP contribution in [0.4, 0.5) is 0 Å². The van der Waals surface area contributed by atoms with Crippen LogP contribution < -0.4 is 0 Å². The minimum Gasteiger partial charge on any atom is -0.350 e. The number of hydrogen-bond donors (Lipinski definition) is 0. The van der Waals surface area contributed by atoms with E-state index < -0.39 is 8.96 Å². The fourth-order valence-electron chi connectivity index (χ4n) is 0.919. The standard InChI is InChI=1S/C8H21N3Si/c1-7-12(6)9-8(10(2)3)11(4)5/h12H,7H2,1-6H3. The highest BCUT2D eigenvalue weighted by atomic mass is 28.3. The summed E-state index contributed by atoms with van der Waals surface area (Å²) in [6.45, 7) is 4.48. The number of hydrogen-bond acceptors (Lipinski definition) is 1. The SMILES string of the molecule is CC[SiH](C)N=C(N(C)C)N(C)C. The van der Waals surface area contributed by atoms with Crippen LogP contribution in [0.1, 0.15) is 6.92 Å². The molecule has 0 aliphatic rings. The smallest absolute Gasteiger partial charge is 0.185 e. The lowest BCUT2D eigenvalue weighted by atomic mass is 10.7. The van der Waals surface area contributed by atoms with Crippen LogP contribution in [0.5, 0.6) is 0 Å². The molecule has 0 bridgehead atoms. The Balaban J connectivity index is 4.38. The predicted octanol–water partition coefficient (Wildman–Crippen LogP) is 0.839. The molecule has 0 N–H and O–H groups in total. The molecule has 0 rings (SSSR count). The lowest BCUT2D eigenvalue weighted by Gasteiger charge is -2.24. The second kappa shape index (κ2) is 5.19. The molecule has 0 saturated carbocycles. The van der Waals surface area contributed by atoms with Gasteiger partial charge in [-0.05, 0) is 6.04 Å². The number of nitrogens with zero attached hydrogens (tertiary/aromatic N) is 3. The molecule has 0 saturated heterocycles. The molecule has 0 aromatic heterocycles. The average molecular weight is 187 g/mol. The third-order valence-electron chi connectivity index (χ3n) is 1.73. The van der Waals surface area contributed by atoms with E-state index in [0.29, 0.717) is 0 Å². The summed E-state index contributed by atoms with van der Waals surface area (Å²) < 4.78 is 4.70. The molecule has 1 unspecified atom stereocenters. The van der Waals surface area contributed by atoms with Crippen LogP contribution in [-0.2, 0) is 0 Å². The van der Waals surface area contributed by atoms with Gasteiger partial charge in [-0.25, -0.2) is 0 Å². The molecule has 0 aliphatic carbocycles. The van der Waals surface area contributed by atoms with E-state index >= 15 is 0 Å². The maximum absolute atomic E-state index is 4.70. The second-order valence-corrected chi connectivity index (χ2v) is 6.25. The molecule has 0 spiro atoms. The Morgan fingerprint density at radius 3 is 1.83 bits per heavy atom. The van der Waals surface area contributed by atoms with E-state index in [0.717, 1.165) is 5.96 Å². The zero-order chi connectivity index (χ0) is 9.72. The second-order valence-electron chi connectivity index (χ2n) is 3.48. The van der Waals surface area contributed by atoms with E-state index in [1.165, 1.54) is 6.04 Å². The zero-order valence-electron chi connectivity index (χ0n) is 9.13. The summed E-state index contributed by atoms with van der Waals surface area (Å²) in [6, 6.07) is 1.23. The topological polar surface area (TPSA) is 18.8 Å². The number of rotatable bonds is 2. The Morgan fingerprint density at radius 2 is 1.58 bits per heavy atom. The van der Waals surface area contributed by atoms with Crippen LogP contribution >= 0.6 is 0 Å². The fourth-order valence-corrected chi connectivity index (χ4v) is 1.96. The van der Waals surface area contributed by atoms with E-state index in [4.69, 9.17) is 4.66 Å². The highest BCUT2D eigenvalue weighted by Gasteiger charge is 2.06. The van der Waals surface area contributed by atoms with Crippen molar-refractivity contribution >= 4 is 14.9 Å². The zero-order valence-corrected chi connectivity index (χ0v) is 10.3. The van der Waals surface area contributed by atoms with E-state index in [1.807, 2.05) is 28.2 Å². The normalized spacial score (nSPS) is 12.2. The van der Waals surface area contributed by atoms with Crippen molar-refractivity contribution in [2.24, 2.45) is 4.66 Å². The van der Waals surface area contributed by atoms with Gasteiger partial charge in [0.15, 0.2) is 14.9 Å². The van der Waals surface area contributed by atoms with E-state index in [2.05, 4.69) is 23.3 Å². The maximum atomic E-state index is 4.70. The van der Waals surface area contributed by atoms with E-state index in [-0.39, 0.29) is 0 Å². The highest BCUT2D eigenvalue weighted by Crippen LogP contribution is 1.96. The lowest BCUT2D eigenvalue weighted by Crippen LogP contribution is -2.36. The molecule has 12 heavy (non-hydrogen) atoms. The first kappa shape index (κ1) is 11.5. The summed E-state index contributed by atoms with van der Waals surface area (Å²) >= 11 is 0. The summed E-state index contributed by atoms with van der Waals surface area (Å²) in [5, 5.41) is 0. The van der Waals surface area contributed by atoms with Gasteiger partial charge < -0.3 is 9.80 Å². The van der Waals surface area contributed by atoms with Crippen molar-refractivity contribution in [3.8, 4) is 0 Å². The maximum Gasteiger partial charge on any atom is 0.185 e. The quantitative estimate of drug-likeness (QED) is 0.362. The summed E-state index contributed by atoms with van der Waals surface area (Å²) in [5.74, 6) is 1.09. The lowest BCUT2D eigenvalue weighted by molar-refractivity contribution is 0.485. The van der Waals surface area contributed by atoms with Crippen molar-refractivity contribution in [3.63, 3.8) is 0 Å². The molecular formula is C8H21N3Si. The molecule has 4 heteroatoms. The van der Waals surface area contributed by atoms with Crippen molar-refractivity contribution in [1.29, 1.82) is 0 Å². The Bertz CT molecular complexity index is 144. The van der Waals surface area contributed by atoms with Gasteiger partial charge in [-0.2, -0.15) is 0 Å². The average Bonchev–Trinajstić information content (AvgIpc) is 1.98. The molecule has 0 aromatic rings. The van der Waals surface area contributed by atoms with Crippen LogP contribution in [0, 0.1) is 0 Å². The van der Waals surface area contributed by atoms with Crippen molar-refractivity contribution in [2.75, 3.05) is 28.2 Å². The monoisotopic (exact) mass is 187 g/mol. The first-order chi connectivity index (χ1) is 5.49. The molecule has 0 radical (unpaired) electrons. The molecule has 3 nitrogen and oxygen atoms in total. The van der Waals surface area contributed by atoms with Crippen LogP contribution in [0.3, 0.4) is 0 Å². The fraction of sp³-hybridized carbons (Fsp3) is 0.875. The highest BCUT2D eigenvalue weighted by molar-refractivity contribution is 6.56. The summed E-state index contributed by atoms with van der Waals surface area (Å²) in [6.07, 6.45) is 0. The molecule has 0 aliphatic heterocycles. The van der Waals surface area contributed by atoms with Gasteiger partial charge in [-0.15, -0.1) is 0 Å². The molecule has 0 heterocycles. The summed E-state index contributed by atoms with van der Waals surface area (Å²) in [5.41, 5.74) is 0. The van der Waals surface area contributed by atoms with Crippen LogP contribution in [0.25, 0.3) is 0 Å². The summed E-state index contributed by atoms with van der Waals surface area (Å²) in [7, 11) is 7.30. The first-order valence-electron chi connectivity index (χ1n) is 4.41. The van der Waals surface area contributed by atoms with Gasteiger partial charge in [0.2, 0.25) is 0 Å². The number of guanidine groups is 1. The van der Waals surface area contributed by atoms with Crippen molar-refractivity contribution in [2.45, 2.75) is 19.5 Å². The van der Waals surface area contributed by atoms with Gasteiger partial charge in [0.1, 0.15) is 0 Å². The van der Waals surface area contributed by atoms with Gasteiger partial charge >= 0.3 is 0 Å². The van der Waals surface area contributed by atoms with Gasteiger partial charge in [0.25, 0.3) is 0 Å². The van der Waals surface area contributed by atoms with E-state index in [9.17, 15) is 0 Å². The predicted molar refractivity (Wildman–Crippen MR) is 58.3 cm³/mol. The minimum atomic E-state index is -0.847. The Morgan fingerprint density at radius 1 is 1.17 bits per heavy atom. The Hall–Kier alpha value is -0.513. The molecule has 0 amide bonds. The van der Waals surface area contributed by atoms with Crippen LogP contribution in [-0.4, -0.2) is 52.9 Å². The molecular weight excluding hydrogens is 166 g/mol. The van der Waals surface area contributed by atoms with E-state index in [1.54, 1.807) is 0 Å². The van der Waals surface area contributed by atoms with Crippen molar-refractivity contribution in [3.05, 3.63) is 0 Å². The summed E-state index contributed by atoms with van der Waals surface area (Å²) in [4.78, 5) is 4.14. The van der Waals surface area contributed by atoms with Gasteiger partial charge in [-0.1, -0.05) is 13.5 Å². The van der Waals surface area contributed by atoms with Gasteiger partial charge in [0, 0.05) is 28.2 Å².